The van der Waals surface area contributed by atoms with Gasteiger partial charge in [-0.25, -0.2) is 4.68 Å². The van der Waals surface area contributed by atoms with Crippen molar-refractivity contribution in [3.05, 3.63) is 65.7 Å². The van der Waals surface area contributed by atoms with Crippen LogP contribution in [0.2, 0.25) is 0 Å². The first-order valence-corrected chi connectivity index (χ1v) is 10.8. The van der Waals surface area contributed by atoms with Crippen LogP contribution < -0.4 is 5.32 Å². The Morgan fingerprint density at radius 2 is 1.91 bits per heavy atom. The Morgan fingerprint density at radius 3 is 2.50 bits per heavy atom. The lowest BCUT2D eigenvalue weighted by molar-refractivity contribution is -0.117. The van der Waals surface area contributed by atoms with Gasteiger partial charge in [-0.15, -0.1) is 0 Å². The molecule has 1 aromatic carbocycles. The second kappa shape index (κ2) is 9.42. The van der Waals surface area contributed by atoms with Crippen LogP contribution in [0.1, 0.15) is 56.4 Å². The summed E-state index contributed by atoms with van der Waals surface area (Å²) >= 11 is 0. The SMILES string of the molecule is Cc1cccc(-n2nc(C(C)(C)C)cc2NC(=O)CN(CC(C)C)C(=O)c2ccco2)c1. The third-order valence-corrected chi connectivity index (χ3v) is 4.93. The van der Waals surface area contributed by atoms with Gasteiger partial charge in [0.25, 0.3) is 5.91 Å². The molecule has 3 aromatic rings. The zero-order valence-electron chi connectivity index (χ0n) is 19.7. The molecule has 3 rings (SSSR count). The summed E-state index contributed by atoms with van der Waals surface area (Å²) in [4.78, 5) is 27.3. The fourth-order valence-electron chi connectivity index (χ4n) is 3.37. The van der Waals surface area contributed by atoms with E-state index in [1.165, 1.54) is 11.2 Å². The van der Waals surface area contributed by atoms with Gasteiger partial charge in [-0.2, -0.15) is 5.10 Å². The maximum Gasteiger partial charge on any atom is 0.290 e. The lowest BCUT2D eigenvalue weighted by Gasteiger charge is -2.23. The van der Waals surface area contributed by atoms with Gasteiger partial charge in [0.2, 0.25) is 5.91 Å². The van der Waals surface area contributed by atoms with Crippen molar-refractivity contribution in [3.8, 4) is 5.69 Å². The van der Waals surface area contributed by atoms with Crippen LogP contribution in [0.3, 0.4) is 0 Å². The van der Waals surface area contributed by atoms with Gasteiger partial charge >= 0.3 is 0 Å². The fourth-order valence-corrected chi connectivity index (χ4v) is 3.37. The summed E-state index contributed by atoms with van der Waals surface area (Å²) in [5.74, 6) is 0.395. The first kappa shape index (κ1) is 23.3. The smallest absolute Gasteiger partial charge is 0.290 e. The summed E-state index contributed by atoms with van der Waals surface area (Å²) in [6.45, 7) is 12.6. The number of carbonyl (C=O) groups is 2. The zero-order valence-corrected chi connectivity index (χ0v) is 19.7. The number of amides is 2. The Bertz CT molecular complexity index is 1080. The standard InChI is InChI=1S/C25H32N4O3/c1-17(2)15-28(24(31)20-11-8-12-32-20)16-23(30)26-22-14-21(25(4,5)6)27-29(22)19-10-7-9-18(3)13-19/h7-14,17H,15-16H2,1-6H3,(H,26,30). The molecule has 7 heteroatoms. The molecule has 0 aliphatic carbocycles. The zero-order chi connectivity index (χ0) is 23.5. The molecule has 170 valence electrons. The largest absolute Gasteiger partial charge is 0.459 e. The highest BCUT2D eigenvalue weighted by Crippen LogP contribution is 2.26. The summed E-state index contributed by atoms with van der Waals surface area (Å²) in [5.41, 5.74) is 2.63. The van der Waals surface area contributed by atoms with E-state index in [0.717, 1.165) is 16.9 Å². The molecule has 0 atom stereocenters. The van der Waals surface area contributed by atoms with E-state index < -0.39 is 0 Å². The monoisotopic (exact) mass is 436 g/mol. The number of rotatable bonds is 7. The number of anilines is 1. The van der Waals surface area contributed by atoms with E-state index in [1.807, 2.05) is 51.1 Å². The fraction of sp³-hybridized carbons (Fsp3) is 0.400. The highest BCUT2D eigenvalue weighted by molar-refractivity contribution is 5.97. The van der Waals surface area contributed by atoms with Crippen molar-refractivity contribution in [2.24, 2.45) is 5.92 Å². The Labute approximate surface area is 189 Å². The first-order valence-electron chi connectivity index (χ1n) is 10.8. The summed E-state index contributed by atoms with van der Waals surface area (Å²) in [7, 11) is 0. The Hall–Kier alpha value is -3.35. The Morgan fingerprint density at radius 1 is 1.16 bits per heavy atom. The lowest BCUT2D eigenvalue weighted by Crippen LogP contribution is -2.40. The van der Waals surface area contributed by atoms with Gasteiger partial charge in [0.1, 0.15) is 12.4 Å². The topological polar surface area (TPSA) is 80.4 Å². The highest BCUT2D eigenvalue weighted by Gasteiger charge is 2.24. The van der Waals surface area contributed by atoms with Crippen LogP contribution in [0.15, 0.2) is 53.1 Å². The number of aromatic nitrogens is 2. The molecule has 2 aromatic heterocycles. The molecule has 0 spiro atoms. The van der Waals surface area contributed by atoms with Gasteiger partial charge in [-0.3, -0.25) is 9.59 Å². The van der Waals surface area contributed by atoms with E-state index in [2.05, 4.69) is 26.1 Å². The van der Waals surface area contributed by atoms with Crippen molar-refractivity contribution in [1.82, 2.24) is 14.7 Å². The van der Waals surface area contributed by atoms with Crippen molar-refractivity contribution in [3.63, 3.8) is 0 Å². The molecule has 0 aliphatic rings. The van der Waals surface area contributed by atoms with Crippen molar-refractivity contribution >= 4 is 17.6 Å². The molecule has 0 aliphatic heterocycles. The van der Waals surface area contributed by atoms with E-state index in [1.54, 1.807) is 16.8 Å². The quantitative estimate of drug-likeness (QED) is 0.576. The van der Waals surface area contributed by atoms with Crippen LogP contribution in [0.4, 0.5) is 5.82 Å². The summed E-state index contributed by atoms with van der Waals surface area (Å²) < 4.78 is 6.99. The summed E-state index contributed by atoms with van der Waals surface area (Å²) in [6, 6.07) is 13.1. The van der Waals surface area contributed by atoms with Crippen LogP contribution in [-0.4, -0.2) is 39.6 Å². The number of aryl methyl sites for hydroxylation is 1. The predicted octanol–water partition coefficient (Wildman–Crippen LogP) is 4.81. The minimum absolute atomic E-state index is 0.0818. The Kier molecular flexibility index (Phi) is 6.87. The van der Waals surface area contributed by atoms with Gasteiger partial charge in [-0.1, -0.05) is 46.8 Å². The van der Waals surface area contributed by atoms with Crippen LogP contribution in [0, 0.1) is 12.8 Å². The molecule has 0 fully saturated rings. The maximum absolute atomic E-state index is 13.0. The maximum atomic E-state index is 13.0. The summed E-state index contributed by atoms with van der Waals surface area (Å²) in [6.07, 6.45) is 1.45. The van der Waals surface area contributed by atoms with E-state index in [4.69, 9.17) is 9.52 Å². The third-order valence-electron chi connectivity index (χ3n) is 4.93. The van der Waals surface area contributed by atoms with E-state index in [9.17, 15) is 9.59 Å². The predicted molar refractivity (Wildman–Crippen MR) is 125 cm³/mol. The Balaban J connectivity index is 1.86. The van der Waals surface area contributed by atoms with Crippen LogP contribution in [0.5, 0.6) is 0 Å². The molecule has 0 saturated heterocycles. The van der Waals surface area contributed by atoms with E-state index >= 15 is 0 Å². The number of carbonyl (C=O) groups excluding carboxylic acids is 2. The second-order valence-electron chi connectivity index (χ2n) is 9.52. The van der Waals surface area contributed by atoms with Gasteiger partial charge in [-0.05, 0) is 42.7 Å². The molecule has 2 heterocycles. The molecule has 32 heavy (non-hydrogen) atoms. The van der Waals surface area contributed by atoms with Crippen molar-refractivity contribution in [2.45, 2.75) is 47.0 Å². The van der Waals surface area contributed by atoms with Crippen LogP contribution in [0.25, 0.3) is 5.69 Å². The van der Waals surface area contributed by atoms with E-state index in [0.29, 0.717) is 12.4 Å². The summed E-state index contributed by atoms with van der Waals surface area (Å²) in [5, 5.41) is 7.72. The normalized spacial score (nSPS) is 11.6. The number of nitrogens with zero attached hydrogens (tertiary/aromatic N) is 3. The lowest BCUT2D eigenvalue weighted by atomic mass is 9.92. The highest BCUT2D eigenvalue weighted by atomic mass is 16.3. The average Bonchev–Trinajstić information content (AvgIpc) is 3.36. The molecule has 0 radical (unpaired) electrons. The van der Waals surface area contributed by atoms with Crippen molar-refractivity contribution < 1.29 is 14.0 Å². The van der Waals surface area contributed by atoms with Gasteiger partial charge in [0.15, 0.2) is 5.76 Å². The molecular weight excluding hydrogens is 404 g/mol. The average molecular weight is 437 g/mol. The van der Waals surface area contributed by atoms with Gasteiger partial charge in [0.05, 0.1) is 17.6 Å². The van der Waals surface area contributed by atoms with Gasteiger partial charge in [0, 0.05) is 18.0 Å². The minimum atomic E-state index is -0.304. The third kappa shape index (κ3) is 5.66. The molecule has 1 N–H and O–H groups in total. The first-order chi connectivity index (χ1) is 15.0. The molecule has 0 saturated carbocycles. The van der Waals surface area contributed by atoms with Crippen LogP contribution in [-0.2, 0) is 10.2 Å². The number of nitrogens with one attached hydrogen (secondary N) is 1. The number of hydrogen-bond donors (Lipinski definition) is 1. The number of benzene rings is 1. The molecule has 2 amide bonds. The molecular formula is C25H32N4O3. The molecule has 0 unspecified atom stereocenters. The van der Waals surface area contributed by atoms with Gasteiger partial charge < -0.3 is 14.6 Å². The van der Waals surface area contributed by atoms with Crippen molar-refractivity contribution in [1.29, 1.82) is 0 Å². The van der Waals surface area contributed by atoms with Crippen molar-refractivity contribution in [2.75, 3.05) is 18.4 Å². The van der Waals surface area contributed by atoms with E-state index in [-0.39, 0.29) is 35.5 Å². The molecule has 0 bridgehead atoms. The van der Waals surface area contributed by atoms with Crippen LogP contribution >= 0.6 is 0 Å². The number of furan rings is 1. The minimum Gasteiger partial charge on any atom is -0.459 e. The second-order valence-corrected chi connectivity index (χ2v) is 9.52. The number of hydrogen-bond acceptors (Lipinski definition) is 4. The molecule has 7 nitrogen and oxygen atoms in total.